The number of benzene rings is 3. The van der Waals surface area contributed by atoms with E-state index in [0.29, 0.717) is 6.54 Å². The van der Waals surface area contributed by atoms with Gasteiger partial charge in [-0.3, -0.25) is 0 Å². The van der Waals surface area contributed by atoms with Gasteiger partial charge in [-0.1, -0.05) is 64.5 Å². The molecule has 1 N–H and O–H groups in total. The summed E-state index contributed by atoms with van der Waals surface area (Å²) in [7, 11) is 1.68. The number of rotatable bonds is 5. The molecule has 0 fully saturated rings. The van der Waals surface area contributed by atoms with Crippen molar-refractivity contribution in [1.29, 1.82) is 0 Å². The quantitative estimate of drug-likeness (QED) is 0.413. The Hall–Kier alpha value is -2.85. The number of hydrogen-bond donors (Lipinski definition) is 1. The summed E-state index contributed by atoms with van der Waals surface area (Å²) >= 11 is 3.61. The molecule has 3 aromatic carbocycles. The van der Waals surface area contributed by atoms with E-state index in [9.17, 15) is 0 Å². The highest BCUT2D eigenvalue weighted by atomic mass is 79.9. The number of aromatic nitrogens is 1. The summed E-state index contributed by atoms with van der Waals surface area (Å²) in [5.74, 6) is 1.71. The second kappa shape index (κ2) is 7.80. The zero-order chi connectivity index (χ0) is 18.6. The van der Waals surface area contributed by atoms with Gasteiger partial charge in [0.05, 0.1) is 12.6 Å². The van der Waals surface area contributed by atoms with Crippen LogP contribution in [0, 0.1) is 0 Å². The molecule has 4 heteroatoms. The summed E-state index contributed by atoms with van der Waals surface area (Å²) < 4.78 is 6.37. The van der Waals surface area contributed by atoms with Crippen molar-refractivity contribution in [3.63, 3.8) is 0 Å². The molecule has 0 bridgehead atoms. The molecule has 0 atom stereocenters. The van der Waals surface area contributed by atoms with Crippen LogP contribution in [0.3, 0.4) is 0 Å². The molecule has 0 amide bonds. The summed E-state index contributed by atoms with van der Waals surface area (Å²) in [6.07, 6.45) is 0. The van der Waals surface area contributed by atoms with E-state index < -0.39 is 0 Å². The second-order valence-corrected chi connectivity index (χ2v) is 7.11. The predicted octanol–water partition coefficient (Wildman–Crippen LogP) is 6.29. The van der Waals surface area contributed by atoms with E-state index in [4.69, 9.17) is 9.72 Å². The van der Waals surface area contributed by atoms with Crippen LogP contribution < -0.4 is 10.1 Å². The molecular formula is C23H19BrN2O. The standard InChI is InChI=1S/C23H19BrN2O/c1-27-19-12-10-16(11-13-19)20-14-17-6-3-5-9-22(17)26-23(20)25-15-18-7-2-4-8-21(18)24/h2-14H,15H2,1H3,(H,25,26). The number of nitrogens with zero attached hydrogens (tertiary/aromatic N) is 1. The first-order valence-corrected chi connectivity index (χ1v) is 9.55. The van der Waals surface area contributed by atoms with Crippen LogP contribution in [0.1, 0.15) is 5.56 Å². The van der Waals surface area contributed by atoms with Gasteiger partial charge in [0, 0.05) is 22.0 Å². The number of pyridine rings is 1. The highest BCUT2D eigenvalue weighted by Gasteiger charge is 2.10. The van der Waals surface area contributed by atoms with Gasteiger partial charge in [0.1, 0.15) is 11.6 Å². The van der Waals surface area contributed by atoms with Gasteiger partial charge in [0.25, 0.3) is 0 Å². The van der Waals surface area contributed by atoms with Gasteiger partial charge < -0.3 is 10.1 Å². The monoisotopic (exact) mass is 418 g/mol. The topological polar surface area (TPSA) is 34.1 Å². The minimum Gasteiger partial charge on any atom is -0.497 e. The lowest BCUT2D eigenvalue weighted by molar-refractivity contribution is 0.415. The van der Waals surface area contributed by atoms with Crippen LogP contribution in [0.5, 0.6) is 5.75 Å². The maximum absolute atomic E-state index is 5.29. The second-order valence-electron chi connectivity index (χ2n) is 6.25. The average molecular weight is 419 g/mol. The fourth-order valence-electron chi connectivity index (χ4n) is 3.06. The molecule has 0 aliphatic carbocycles. The van der Waals surface area contributed by atoms with E-state index in [-0.39, 0.29) is 0 Å². The van der Waals surface area contributed by atoms with Gasteiger partial charge >= 0.3 is 0 Å². The van der Waals surface area contributed by atoms with Gasteiger partial charge in [-0.05, 0) is 41.5 Å². The van der Waals surface area contributed by atoms with Crippen LogP contribution in [0.15, 0.2) is 83.3 Å². The Morgan fingerprint density at radius 3 is 2.44 bits per heavy atom. The van der Waals surface area contributed by atoms with Crippen molar-refractivity contribution in [3.8, 4) is 16.9 Å². The number of fused-ring (bicyclic) bond motifs is 1. The number of halogens is 1. The Morgan fingerprint density at radius 2 is 1.67 bits per heavy atom. The molecule has 0 saturated heterocycles. The molecule has 1 aromatic heterocycles. The molecule has 0 aliphatic heterocycles. The first-order chi connectivity index (χ1) is 13.2. The Balaban J connectivity index is 1.75. The van der Waals surface area contributed by atoms with Gasteiger partial charge in [0.2, 0.25) is 0 Å². The number of ether oxygens (including phenoxy) is 1. The van der Waals surface area contributed by atoms with Crippen LogP contribution in [0.2, 0.25) is 0 Å². The zero-order valence-corrected chi connectivity index (χ0v) is 16.5. The fourth-order valence-corrected chi connectivity index (χ4v) is 3.49. The Morgan fingerprint density at radius 1 is 0.926 bits per heavy atom. The van der Waals surface area contributed by atoms with Crippen molar-refractivity contribution in [2.45, 2.75) is 6.54 Å². The first kappa shape index (κ1) is 17.6. The van der Waals surface area contributed by atoms with E-state index in [1.807, 2.05) is 42.5 Å². The number of anilines is 1. The summed E-state index contributed by atoms with van der Waals surface area (Å²) in [5, 5.41) is 4.64. The van der Waals surface area contributed by atoms with Crippen LogP contribution in [0.25, 0.3) is 22.0 Å². The van der Waals surface area contributed by atoms with Crippen molar-refractivity contribution in [1.82, 2.24) is 4.98 Å². The largest absolute Gasteiger partial charge is 0.497 e. The van der Waals surface area contributed by atoms with Crippen molar-refractivity contribution in [2.24, 2.45) is 0 Å². The Labute approximate surface area is 167 Å². The highest BCUT2D eigenvalue weighted by molar-refractivity contribution is 9.10. The van der Waals surface area contributed by atoms with Gasteiger partial charge in [-0.2, -0.15) is 0 Å². The van der Waals surface area contributed by atoms with E-state index in [1.165, 1.54) is 5.56 Å². The number of para-hydroxylation sites is 1. The molecule has 0 aliphatic rings. The SMILES string of the molecule is COc1ccc(-c2cc3ccccc3nc2NCc2ccccc2Br)cc1. The maximum Gasteiger partial charge on any atom is 0.134 e. The minimum atomic E-state index is 0.690. The molecule has 27 heavy (non-hydrogen) atoms. The van der Waals surface area contributed by atoms with Crippen LogP contribution >= 0.6 is 15.9 Å². The van der Waals surface area contributed by atoms with Gasteiger partial charge in [-0.25, -0.2) is 4.98 Å². The van der Waals surface area contributed by atoms with Crippen molar-refractivity contribution < 1.29 is 4.74 Å². The van der Waals surface area contributed by atoms with Crippen LogP contribution in [-0.4, -0.2) is 12.1 Å². The van der Waals surface area contributed by atoms with Gasteiger partial charge in [0.15, 0.2) is 0 Å². The number of nitrogens with one attached hydrogen (secondary N) is 1. The number of methoxy groups -OCH3 is 1. The van der Waals surface area contributed by atoms with E-state index in [1.54, 1.807) is 7.11 Å². The Bertz CT molecular complexity index is 1080. The Kier molecular flexibility index (Phi) is 5.07. The summed E-state index contributed by atoms with van der Waals surface area (Å²) in [6, 6.07) is 26.7. The highest BCUT2D eigenvalue weighted by Crippen LogP contribution is 2.32. The normalized spacial score (nSPS) is 10.7. The van der Waals surface area contributed by atoms with Gasteiger partial charge in [-0.15, -0.1) is 0 Å². The molecule has 3 nitrogen and oxygen atoms in total. The summed E-state index contributed by atoms with van der Waals surface area (Å²) in [6.45, 7) is 0.690. The zero-order valence-electron chi connectivity index (χ0n) is 14.9. The average Bonchev–Trinajstić information content (AvgIpc) is 2.72. The lowest BCUT2D eigenvalue weighted by Crippen LogP contribution is -2.04. The third-order valence-corrected chi connectivity index (χ3v) is 5.30. The van der Waals surface area contributed by atoms with E-state index in [0.717, 1.165) is 38.1 Å². The van der Waals surface area contributed by atoms with Crippen LogP contribution in [0.4, 0.5) is 5.82 Å². The maximum atomic E-state index is 5.29. The summed E-state index contributed by atoms with van der Waals surface area (Å²) in [5.41, 5.74) is 4.34. The summed E-state index contributed by atoms with van der Waals surface area (Å²) in [4.78, 5) is 4.88. The molecule has 1 heterocycles. The molecular weight excluding hydrogens is 400 g/mol. The van der Waals surface area contributed by atoms with Crippen molar-refractivity contribution in [3.05, 3.63) is 88.9 Å². The molecule has 0 saturated carbocycles. The van der Waals surface area contributed by atoms with E-state index in [2.05, 4.69) is 57.6 Å². The molecule has 0 spiro atoms. The lowest BCUT2D eigenvalue weighted by atomic mass is 10.0. The molecule has 4 rings (SSSR count). The fraction of sp³-hybridized carbons (Fsp3) is 0.0870. The molecule has 0 radical (unpaired) electrons. The van der Waals surface area contributed by atoms with Crippen molar-refractivity contribution >= 4 is 32.7 Å². The molecule has 0 unspecified atom stereocenters. The smallest absolute Gasteiger partial charge is 0.134 e. The third-order valence-electron chi connectivity index (χ3n) is 4.53. The first-order valence-electron chi connectivity index (χ1n) is 8.76. The van der Waals surface area contributed by atoms with E-state index >= 15 is 0 Å². The lowest BCUT2D eigenvalue weighted by Gasteiger charge is -2.14. The molecule has 134 valence electrons. The van der Waals surface area contributed by atoms with Crippen molar-refractivity contribution in [2.75, 3.05) is 12.4 Å². The molecule has 4 aromatic rings. The van der Waals surface area contributed by atoms with Crippen LogP contribution in [-0.2, 0) is 6.54 Å². The third kappa shape index (κ3) is 3.81. The number of hydrogen-bond acceptors (Lipinski definition) is 3. The predicted molar refractivity (Wildman–Crippen MR) is 115 cm³/mol. The minimum absolute atomic E-state index is 0.690.